The molecule has 0 aliphatic rings. The largest absolute Gasteiger partial charge is 0.494 e. The monoisotopic (exact) mass is 338 g/mol. The number of rotatable bonds is 7. The first kappa shape index (κ1) is 17.5. The predicted octanol–water partition coefficient (Wildman–Crippen LogP) is 1.00. The Morgan fingerprint density at radius 2 is 1.90 bits per heavy atom. The average molecular weight is 338 g/mol. The van der Waals surface area contributed by atoms with E-state index in [1.54, 1.807) is 0 Å². The number of azo groups is 1. The normalized spacial score (nSPS) is 12.7. The number of nitrogens with zero attached hydrogens (tertiary/aromatic N) is 2. The van der Waals surface area contributed by atoms with Crippen LogP contribution >= 0.6 is 0 Å². The fourth-order valence-corrected chi connectivity index (χ4v) is 2.92. The topological polar surface area (TPSA) is 132 Å². The smallest absolute Gasteiger partial charge is 0.397 e. The summed E-state index contributed by atoms with van der Waals surface area (Å²) in [7, 11) is -5.66. The van der Waals surface area contributed by atoms with Gasteiger partial charge in [0.15, 0.2) is 9.84 Å². The van der Waals surface area contributed by atoms with Crippen LogP contribution < -0.4 is 4.74 Å². The zero-order valence-corrected chi connectivity index (χ0v) is 12.9. The summed E-state index contributed by atoms with van der Waals surface area (Å²) in [4.78, 5) is -0.0929. The van der Waals surface area contributed by atoms with Crippen LogP contribution in [0.1, 0.15) is 0 Å². The molecule has 0 aliphatic heterocycles. The highest BCUT2D eigenvalue weighted by molar-refractivity contribution is 7.91. The minimum Gasteiger partial charge on any atom is -0.494 e. The van der Waals surface area contributed by atoms with Gasteiger partial charge in [0.25, 0.3) is 0 Å². The van der Waals surface area contributed by atoms with Gasteiger partial charge in [-0.3, -0.25) is 4.55 Å². The van der Waals surface area contributed by atoms with Crippen molar-refractivity contribution < 1.29 is 30.3 Å². The second kappa shape index (κ2) is 6.93. The van der Waals surface area contributed by atoms with E-state index in [-0.39, 0.29) is 10.6 Å². The minimum absolute atomic E-state index is 0.0929. The summed E-state index contributed by atoms with van der Waals surface area (Å²) >= 11 is 0. The standard InChI is InChI=1S/C10H14N2O7S2/c1-11-12-9-7-8(3-4-10(9)18-2)20(13,14)6-5-19-21(15,16)17/h3-4,7H,5-6H2,1-2H3,(H,15,16,17)/b12-11+. The molecule has 1 N–H and O–H groups in total. The molecule has 0 aliphatic carbocycles. The maximum absolute atomic E-state index is 12.0. The maximum atomic E-state index is 12.0. The molecule has 0 saturated heterocycles. The van der Waals surface area contributed by atoms with Gasteiger partial charge in [0, 0.05) is 7.05 Å². The van der Waals surface area contributed by atoms with Crippen LogP contribution in [-0.2, 0) is 24.4 Å². The molecule has 0 bridgehead atoms. The molecule has 1 aromatic rings. The van der Waals surface area contributed by atoms with Crippen LogP contribution in [0.5, 0.6) is 5.75 Å². The van der Waals surface area contributed by atoms with E-state index >= 15 is 0 Å². The Kier molecular flexibility index (Phi) is 5.78. The summed E-state index contributed by atoms with van der Waals surface area (Å²) in [6.07, 6.45) is 0. The number of benzene rings is 1. The molecule has 9 nitrogen and oxygen atoms in total. The first-order valence-electron chi connectivity index (χ1n) is 5.52. The SMILES string of the molecule is C/N=N/c1cc(S(=O)(=O)CCOS(=O)(=O)O)ccc1OC. The van der Waals surface area contributed by atoms with Gasteiger partial charge in [0.05, 0.1) is 24.4 Å². The molecule has 11 heteroatoms. The molecule has 1 rings (SSSR count). The fraction of sp³-hybridized carbons (Fsp3) is 0.400. The van der Waals surface area contributed by atoms with Crippen LogP contribution in [0, 0.1) is 0 Å². The third-order valence-corrected chi connectivity index (χ3v) is 4.44. The summed E-state index contributed by atoms with van der Waals surface area (Å²) in [6, 6.07) is 3.94. The van der Waals surface area contributed by atoms with Gasteiger partial charge < -0.3 is 4.74 Å². The molecule has 21 heavy (non-hydrogen) atoms. The Balaban J connectivity index is 3.00. The van der Waals surface area contributed by atoms with Crippen LogP contribution in [-0.4, -0.2) is 47.9 Å². The Morgan fingerprint density at radius 3 is 2.43 bits per heavy atom. The van der Waals surface area contributed by atoms with Crippen LogP contribution in [0.3, 0.4) is 0 Å². The Labute approximate surface area is 122 Å². The number of ether oxygens (including phenoxy) is 1. The molecule has 1 aromatic carbocycles. The fourth-order valence-electron chi connectivity index (χ4n) is 1.42. The van der Waals surface area contributed by atoms with Crippen LogP contribution in [0.25, 0.3) is 0 Å². The van der Waals surface area contributed by atoms with Crippen molar-refractivity contribution in [1.82, 2.24) is 0 Å². The van der Waals surface area contributed by atoms with Gasteiger partial charge in [-0.25, -0.2) is 12.6 Å². The molecular weight excluding hydrogens is 324 g/mol. The maximum Gasteiger partial charge on any atom is 0.397 e. The summed E-state index contributed by atoms with van der Waals surface area (Å²) in [5, 5.41) is 7.28. The van der Waals surface area contributed by atoms with Crippen molar-refractivity contribution in [1.29, 1.82) is 0 Å². The van der Waals surface area contributed by atoms with E-state index in [4.69, 9.17) is 9.29 Å². The molecule has 0 radical (unpaired) electrons. The Morgan fingerprint density at radius 1 is 1.24 bits per heavy atom. The van der Waals surface area contributed by atoms with E-state index < -0.39 is 32.6 Å². The molecular formula is C10H14N2O7S2. The number of sulfone groups is 1. The van der Waals surface area contributed by atoms with E-state index in [1.807, 2.05) is 0 Å². The second-order valence-corrected chi connectivity index (χ2v) is 6.90. The van der Waals surface area contributed by atoms with Crippen molar-refractivity contribution in [3.63, 3.8) is 0 Å². The van der Waals surface area contributed by atoms with Crippen molar-refractivity contribution in [3.05, 3.63) is 18.2 Å². The van der Waals surface area contributed by atoms with Gasteiger partial charge in [0.2, 0.25) is 0 Å². The highest BCUT2D eigenvalue weighted by Gasteiger charge is 2.18. The van der Waals surface area contributed by atoms with Gasteiger partial charge in [-0.15, -0.1) is 0 Å². The van der Waals surface area contributed by atoms with E-state index in [0.717, 1.165) is 0 Å². The molecule has 0 heterocycles. The Bertz CT molecular complexity index is 726. The third-order valence-electron chi connectivity index (χ3n) is 2.30. The molecule has 0 spiro atoms. The summed E-state index contributed by atoms with van der Waals surface area (Å²) in [5.74, 6) is -0.282. The third kappa shape index (κ3) is 5.38. The van der Waals surface area contributed by atoms with Crippen molar-refractivity contribution >= 4 is 25.9 Å². The van der Waals surface area contributed by atoms with Crippen molar-refractivity contribution in [2.45, 2.75) is 4.90 Å². The molecule has 0 saturated carbocycles. The zero-order valence-electron chi connectivity index (χ0n) is 11.3. The van der Waals surface area contributed by atoms with E-state index in [2.05, 4.69) is 14.4 Å². The first-order valence-corrected chi connectivity index (χ1v) is 8.54. The Hall–Kier alpha value is -1.56. The molecule has 0 aromatic heterocycles. The van der Waals surface area contributed by atoms with E-state index in [9.17, 15) is 16.8 Å². The van der Waals surface area contributed by atoms with Crippen LogP contribution in [0.2, 0.25) is 0 Å². The highest BCUT2D eigenvalue weighted by Crippen LogP contribution is 2.30. The molecule has 118 valence electrons. The van der Waals surface area contributed by atoms with Gasteiger partial charge in [-0.1, -0.05) is 0 Å². The zero-order chi connectivity index (χ0) is 16.1. The van der Waals surface area contributed by atoms with Crippen molar-refractivity contribution in [3.8, 4) is 5.75 Å². The molecule has 0 atom stereocenters. The van der Waals surface area contributed by atoms with Gasteiger partial charge in [-0.05, 0) is 18.2 Å². The second-order valence-electron chi connectivity index (χ2n) is 3.70. The molecule has 0 unspecified atom stereocenters. The van der Waals surface area contributed by atoms with Gasteiger partial charge >= 0.3 is 10.4 Å². The van der Waals surface area contributed by atoms with Crippen molar-refractivity contribution in [2.24, 2.45) is 10.2 Å². The quantitative estimate of drug-likeness (QED) is 0.579. The van der Waals surface area contributed by atoms with E-state index in [0.29, 0.717) is 5.75 Å². The first-order chi connectivity index (χ1) is 9.69. The minimum atomic E-state index is -4.67. The van der Waals surface area contributed by atoms with Crippen LogP contribution in [0.4, 0.5) is 5.69 Å². The summed E-state index contributed by atoms with van der Waals surface area (Å²) < 4.78 is 62.1. The summed E-state index contributed by atoms with van der Waals surface area (Å²) in [5.41, 5.74) is 0.219. The highest BCUT2D eigenvalue weighted by atomic mass is 32.3. The number of methoxy groups -OCH3 is 1. The number of hydrogen-bond donors (Lipinski definition) is 1. The van der Waals surface area contributed by atoms with Gasteiger partial charge in [-0.2, -0.15) is 18.6 Å². The van der Waals surface area contributed by atoms with E-state index in [1.165, 1.54) is 32.4 Å². The van der Waals surface area contributed by atoms with Crippen LogP contribution in [0.15, 0.2) is 33.3 Å². The number of hydrogen-bond acceptors (Lipinski definition) is 8. The lowest BCUT2D eigenvalue weighted by atomic mass is 10.3. The lowest BCUT2D eigenvalue weighted by molar-refractivity contribution is 0.284. The lowest BCUT2D eigenvalue weighted by Crippen LogP contribution is -2.15. The van der Waals surface area contributed by atoms with Gasteiger partial charge in [0.1, 0.15) is 11.4 Å². The average Bonchev–Trinajstić information content (AvgIpc) is 2.37. The summed E-state index contributed by atoms with van der Waals surface area (Å²) in [6.45, 7) is -0.697. The van der Waals surface area contributed by atoms with Crippen molar-refractivity contribution in [2.75, 3.05) is 26.5 Å². The molecule has 0 fully saturated rings. The lowest BCUT2D eigenvalue weighted by Gasteiger charge is -2.07. The predicted molar refractivity (Wildman–Crippen MR) is 73.0 cm³/mol. The molecule has 0 amide bonds.